The summed E-state index contributed by atoms with van der Waals surface area (Å²) in [6.07, 6.45) is 2.01. The van der Waals surface area contributed by atoms with Crippen LogP contribution in [0.25, 0.3) is 11.3 Å². The van der Waals surface area contributed by atoms with E-state index in [2.05, 4.69) is 15.0 Å². The molecule has 3 N–H and O–H groups in total. The number of fused-ring (bicyclic) bond motifs is 5. The summed E-state index contributed by atoms with van der Waals surface area (Å²) in [5.74, 6) is -1.64. The number of carbonyl (C=O) groups is 1. The van der Waals surface area contributed by atoms with E-state index in [0.29, 0.717) is 41.9 Å². The number of alkyl halides is 2. The van der Waals surface area contributed by atoms with Gasteiger partial charge in [0.2, 0.25) is 0 Å². The summed E-state index contributed by atoms with van der Waals surface area (Å²) in [7, 11) is 1.13. The lowest BCUT2D eigenvalue weighted by atomic mass is 9.67. The SMILES string of the molecule is COC(=O)c1c(O)c2c([nH]c1=O)-c1cc(OC(F)F)c3c(c1CC2C(C)(C)C)CCCN3. The molecule has 0 bridgehead atoms. The molecule has 9 heteroatoms. The number of H-pyrrole nitrogens is 1. The smallest absolute Gasteiger partial charge is 0.387 e. The zero-order valence-electron chi connectivity index (χ0n) is 18.4. The second-order valence-corrected chi connectivity index (χ2v) is 9.24. The molecule has 0 saturated heterocycles. The van der Waals surface area contributed by atoms with Gasteiger partial charge >= 0.3 is 12.6 Å². The third-order valence-electron chi connectivity index (χ3n) is 6.32. The van der Waals surface area contributed by atoms with Crippen molar-refractivity contribution in [2.75, 3.05) is 19.0 Å². The Labute approximate surface area is 183 Å². The quantitative estimate of drug-likeness (QED) is 0.609. The molecule has 1 aliphatic heterocycles. The first-order chi connectivity index (χ1) is 15.0. The van der Waals surface area contributed by atoms with E-state index in [0.717, 1.165) is 24.7 Å². The van der Waals surface area contributed by atoms with Gasteiger partial charge < -0.3 is 24.9 Å². The Morgan fingerprint density at radius 3 is 2.62 bits per heavy atom. The molecule has 172 valence electrons. The number of hydrogen-bond donors (Lipinski definition) is 3. The molecule has 32 heavy (non-hydrogen) atoms. The van der Waals surface area contributed by atoms with Gasteiger partial charge in [0.15, 0.2) is 5.56 Å². The van der Waals surface area contributed by atoms with Crippen molar-refractivity contribution in [3.8, 4) is 22.8 Å². The number of carbonyl (C=O) groups excluding carboxylic acids is 1. The third kappa shape index (κ3) is 3.49. The van der Waals surface area contributed by atoms with Crippen LogP contribution in [0.15, 0.2) is 10.9 Å². The maximum atomic E-state index is 13.1. The Bertz CT molecular complexity index is 1150. The van der Waals surface area contributed by atoms with Crippen LogP contribution in [0.4, 0.5) is 14.5 Å². The predicted octanol–water partition coefficient (Wildman–Crippen LogP) is 4.18. The zero-order valence-corrected chi connectivity index (χ0v) is 18.4. The molecule has 2 aromatic rings. The standard InChI is InChI=1S/C23H26F2N2O5/c1-23(2,3)13-8-11-10-6-5-7-26-17(10)14(32-22(24)25)9-12(11)18-15(13)19(28)16(20(29)27-18)21(30)31-4/h9,13,22,26H,5-8H2,1-4H3,(H2,27,28,29). The molecule has 1 aromatic carbocycles. The van der Waals surface area contributed by atoms with Crippen LogP contribution in [0.1, 0.15) is 60.2 Å². The van der Waals surface area contributed by atoms with Gasteiger partial charge in [0.25, 0.3) is 5.56 Å². The molecule has 1 unspecified atom stereocenters. The lowest BCUT2D eigenvalue weighted by Crippen LogP contribution is -2.30. The van der Waals surface area contributed by atoms with Crippen molar-refractivity contribution < 1.29 is 28.2 Å². The van der Waals surface area contributed by atoms with Gasteiger partial charge in [-0.1, -0.05) is 20.8 Å². The summed E-state index contributed by atoms with van der Waals surface area (Å²) < 4.78 is 35.8. The van der Waals surface area contributed by atoms with Crippen molar-refractivity contribution in [3.63, 3.8) is 0 Å². The van der Waals surface area contributed by atoms with Crippen molar-refractivity contribution in [2.45, 2.75) is 52.6 Å². The number of aromatic amines is 1. The van der Waals surface area contributed by atoms with Crippen molar-refractivity contribution in [3.05, 3.63) is 38.7 Å². The summed E-state index contributed by atoms with van der Waals surface area (Å²) in [6, 6.07) is 1.48. The Kier molecular flexibility index (Phi) is 5.38. The number of methoxy groups -OCH3 is 1. The van der Waals surface area contributed by atoms with Gasteiger partial charge in [-0.15, -0.1) is 0 Å². The number of anilines is 1. The Balaban J connectivity index is 2.07. The number of esters is 1. The van der Waals surface area contributed by atoms with E-state index in [-0.39, 0.29) is 17.1 Å². The fraction of sp³-hybridized carbons (Fsp3) is 0.478. The summed E-state index contributed by atoms with van der Waals surface area (Å²) in [5.41, 5.74) is 1.96. The average Bonchev–Trinajstić information content (AvgIpc) is 2.72. The van der Waals surface area contributed by atoms with Gasteiger partial charge in [0.05, 0.1) is 18.5 Å². The molecule has 2 heterocycles. The minimum absolute atomic E-state index is 0.00834. The molecule has 1 aliphatic carbocycles. The Morgan fingerprint density at radius 1 is 1.28 bits per heavy atom. The summed E-state index contributed by atoms with van der Waals surface area (Å²) >= 11 is 0. The molecular formula is C23H26F2N2O5. The van der Waals surface area contributed by atoms with E-state index in [1.165, 1.54) is 6.07 Å². The van der Waals surface area contributed by atoms with Crippen LogP contribution < -0.4 is 15.6 Å². The largest absolute Gasteiger partial charge is 0.506 e. The highest BCUT2D eigenvalue weighted by molar-refractivity contribution is 5.94. The topological polar surface area (TPSA) is 101 Å². The number of ether oxygens (including phenoxy) is 2. The van der Waals surface area contributed by atoms with Crippen molar-refractivity contribution in [2.24, 2.45) is 5.41 Å². The van der Waals surface area contributed by atoms with Gasteiger partial charge in [-0.2, -0.15) is 8.78 Å². The normalized spacial score (nSPS) is 17.2. The van der Waals surface area contributed by atoms with E-state index < -0.39 is 29.5 Å². The highest BCUT2D eigenvalue weighted by Gasteiger charge is 2.40. The maximum absolute atomic E-state index is 13.1. The number of aromatic hydroxyl groups is 1. The van der Waals surface area contributed by atoms with E-state index in [4.69, 9.17) is 4.74 Å². The minimum atomic E-state index is -3.01. The molecule has 0 saturated carbocycles. The fourth-order valence-corrected chi connectivity index (χ4v) is 4.84. The number of rotatable bonds is 3. The van der Waals surface area contributed by atoms with Crippen LogP contribution in [-0.4, -0.2) is 36.3 Å². The highest BCUT2D eigenvalue weighted by Crippen LogP contribution is 2.53. The first kappa shape index (κ1) is 22.1. The van der Waals surface area contributed by atoms with Crippen molar-refractivity contribution in [1.29, 1.82) is 0 Å². The van der Waals surface area contributed by atoms with Crippen LogP contribution in [0.3, 0.4) is 0 Å². The van der Waals surface area contributed by atoms with E-state index >= 15 is 0 Å². The molecule has 1 aromatic heterocycles. The third-order valence-corrected chi connectivity index (χ3v) is 6.32. The molecule has 0 fully saturated rings. The molecule has 2 aliphatic rings. The molecule has 4 rings (SSSR count). The first-order valence-corrected chi connectivity index (χ1v) is 10.5. The lowest BCUT2D eigenvalue weighted by molar-refractivity contribution is -0.0494. The van der Waals surface area contributed by atoms with Gasteiger partial charge in [-0.25, -0.2) is 4.79 Å². The van der Waals surface area contributed by atoms with Crippen LogP contribution in [0.2, 0.25) is 0 Å². The molecular weight excluding hydrogens is 422 g/mol. The van der Waals surface area contributed by atoms with E-state index in [9.17, 15) is 23.5 Å². The average molecular weight is 448 g/mol. The van der Waals surface area contributed by atoms with Crippen molar-refractivity contribution in [1.82, 2.24) is 4.98 Å². The van der Waals surface area contributed by atoms with Gasteiger partial charge in [0.1, 0.15) is 11.5 Å². The Hall–Kier alpha value is -3.10. The van der Waals surface area contributed by atoms with Crippen LogP contribution >= 0.6 is 0 Å². The van der Waals surface area contributed by atoms with E-state index in [1.807, 2.05) is 20.8 Å². The van der Waals surface area contributed by atoms with Gasteiger partial charge in [-0.3, -0.25) is 4.79 Å². The fourth-order valence-electron chi connectivity index (χ4n) is 4.84. The van der Waals surface area contributed by atoms with E-state index in [1.54, 1.807) is 0 Å². The minimum Gasteiger partial charge on any atom is -0.506 e. The molecule has 7 nitrogen and oxygen atoms in total. The number of nitrogens with one attached hydrogen (secondary N) is 2. The van der Waals surface area contributed by atoms with Crippen LogP contribution in [0.5, 0.6) is 11.5 Å². The van der Waals surface area contributed by atoms with Gasteiger partial charge in [0, 0.05) is 17.7 Å². The van der Waals surface area contributed by atoms with Crippen LogP contribution in [-0.2, 0) is 17.6 Å². The Morgan fingerprint density at radius 2 is 2.00 bits per heavy atom. The first-order valence-electron chi connectivity index (χ1n) is 10.5. The van der Waals surface area contributed by atoms with Gasteiger partial charge in [-0.05, 0) is 47.8 Å². The summed E-state index contributed by atoms with van der Waals surface area (Å²) in [5, 5.41) is 14.2. The lowest BCUT2D eigenvalue weighted by Gasteiger charge is -2.39. The molecule has 1 atom stereocenters. The van der Waals surface area contributed by atoms with Crippen molar-refractivity contribution >= 4 is 11.7 Å². The monoisotopic (exact) mass is 448 g/mol. The predicted molar refractivity (Wildman–Crippen MR) is 115 cm³/mol. The summed E-state index contributed by atoms with van der Waals surface area (Å²) in [6.45, 7) is 3.65. The number of hydrogen-bond acceptors (Lipinski definition) is 6. The van der Waals surface area contributed by atoms with Crippen LogP contribution in [0, 0.1) is 5.41 Å². The summed E-state index contributed by atoms with van der Waals surface area (Å²) in [4.78, 5) is 27.7. The number of aromatic nitrogens is 1. The number of benzene rings is 1. The second-order valence-electron chi connectivity index (χ2n) is 9.24. The highest BCUT2D eigenvalue weighted by atomic mass is 19.3. The number of halogens is 2. The molecule has 0 radical (unpaired) electrons. The maximum Gasteiger partial charge on any atom is 0.387 e. The molecule has 0 spiro atoms. The molecule has 0 amide bonds. The second kappa shape index (κ2) is 7.79. The number of pyridine rings is 1. The zero-order chi connectivity index (χ0) is 23.4.